The number of carboxylic acids is 1. The smallest absolute Gasteiger partial charge is 0.352 e. The summed E-state index contributed by atoms with van der Waals surface area (Å²) in [4.78, 5) is 37.0. The van der Waals surface area contributed by atoms with E-state index in [0.717, 1.165) is 10.5 Å². The molecule has 132 valence electrons. The van der Waals surface area contributed by atoms with Gasteiger partial charge >= 0.3 is 5.97 Å². The van der Waals surface area contributed by atoms with Crippen LogP contribution in [0.15, 0.2) is 41.6 Å². The van der Waals surface area contributed by atoms with Crippen molar-refractivity contribution in [2.24, 2.45) is 0 Å². The van der Waals surface area contributed by atoms with E-state index in [1.54, 1.807) is 24.3 Å². The van der Waals surface area contributed by atoms with Crippen LogP contribution in [-0.2, 0) is 32.0 Å². The van der Waals surface area contributed by atoms with Gasteiger partial charge < -0.3 is 15.0 Å². The number of nitrogens with one attached hydrogen (secondary N) is 1. The zero-order chi connectivity index (χ0) is 18.1. The summed E-state index contributed by atoms with van der Waals surface area (Å²) in [6.45, 7) is 0. The molecule has 3 rings (SSSR count). The van der Waals surface area contributed by atoms with Crippen LogP contribution in [-0.4, -0.2) is 54.8 Å². The van der Waals surface area contributed by atoms with Gasteiger partial charge in [-0.2, -0.15) is 0 Å². The number of halogens is 1. The van der Waals surface area contributed by atoms with Crippen LogP contribution in [0.3, 0.4) is 0 Å². The number of carboxylic acid groups (broad SMARTS) is 1. The molecule has 0 saturated carbocycles. The number of benzene rings is 1. The Bertz CT molecular complexity index is 754. The van der Waals surface area contributed by atoms with E-state index < -0.39 is 34.5 Å². The summed E-state index contributed by atoms with van der Waals surface area (Å²) in [5, 5.41) is 11.3. The largest absolute Gasteiger partial charge is 0.614 e. The first-order chi connectivity index (χ1) is 11.9. The molecule has 9 heteroatoms. The average molecular weight is 427 g/mol. The number of amides is 2. The zero-order valence-electron chi connectivity index (χ0n) is 13.0. The average Bonchev–Trinajstić information content (AvgIpc) is 2.59. The van der Waals surface area contributed by atoms with E-state index in [4.69, 9.17) is 0 Å². The number of fused-ring (bicyclic) bond motifs is 1. The third-order valence-corrected chi connectivity index (χ3v) is 6.42. The molecular formula is C16H15BrN2O5S. The van der Waals surface area contributed by atoms with Crippen molar-refractivity contribution in [3.05, 3.63) is 47.2 Å². The molecule has 2 heterocycles. The monoisotopic (exact) mass is 426 g/mol. The number of hydrogen-bond acceptors (Lipinski definition) is 4. The Hall–Kier alpha value is -1.84. The molecule has 1 saturated heterocycles. The van der Waals surface area contributed by atoms with E-state index in [9.17, 15) is 24.0 Å². The minimum Gasteiger partial charge on any atom is -0.614 e. The lowest BCUT2D eigenvalue weighted by atomic mass is 10.0. The van der Waals surface area contributed by atoms with Gasteiger partial charge in [0.15, 0.2) is 6.04 Å². The Labute approximate surface area is 155 Å². The summed E-state index contributed by atoms with van der Waals surface area (Å²) < 4.78 is 12.4. The van der Waals surface area contributed by atoms with Crippen molar-refractivity contribution in [2.45, 2.75) is 17.8 Å². The Kier molecular flexibility index (Phi) is 5.16. The highest BCUT2D eigenvalue weighted by Gasteiger charge is 2.60. The summed E-state index contributed by atoms with van der Waals surface area (Å²) in [5.74, 6) is -2.09. The summed E-state index contributed by atoms with van der Waals surface area (Å²) in [5.41, 5.74) is 1.06. The van der Waals surface area contributed by atoms with Crippen molar-refractivity contribution in [1.29, 1.82) is 0 Å². The van der Waals surface area contributed by atoms with Gasteiger partial charge in [0.25, 0.3) is 5.91 Å². The van der Waals surface area contributed by atoms with Crippen molar-refractivity contribution in [1.82, 2.24) is 10.2 Å². The van der Waals surface area contributed by atoms with Gasteiger partial charge in [0.05, 0.1) is 6.42 Å². The van der Waals surface area contributed by atoms with Crippen LogP contribution in [0.1, 0.15) is 5.56 Å². The van der Waals surface area contributed by atoms with Crippen LogP contribution in [0.2, 0.25) is 0 Å². The molecule has 7 nitrogen and oxygen atoms in total. The zero-order valence-corrected chi connectivity index (χ0v) is 15.4. The molecule has 1 aromatic rings. The summed E-state index contributed by atoms with van der Waals surface area (Å²) in [6.07, 6.45) is 0.0955. The predicted molar refractivity (Wildman–Crippen MR) is 94.2 cm³/mol. The third-order valence-electron chi connectivity index (χ3n) is 4.09. The third kappa shape index (κ3) is 3.31. The van der Waals surface area contributed by atoms with E-state index in [0.29, 0.717) is 5.57 Å². The Morgan fingerprint density at radius 3 is 2.64 bits per heavy atom. The highest BCUT2D eigenvalue weighted by atomic mass is 79.9. The fourth-order valence-electron chi connectivity index (χ4n) is 2.96. The molecule has 2 N–H and O–H groups in total. The number of alkyl halides is 1. The van der Waals surface area contributed by atoms with E-state index in [2.05, 4.69) is 21.2 Å². The SMILES string of the molecule is O=C(Cc1ccccc1)N[C@@H]1C(=O)N2C(C(=O)O)=C(CBr)C[S+]([O-])[C@H]12. The van der Waals surface area contributed by atoms with Crippen molar-refractivity contribution in [3.8, 4) is 0 Å². The maximum Gasteiger partial charge on any atom is 0.352 e. The van der Waals surface area contributed by atoms with Gasteiger partial charge in [-0.1, -0.05) is 46.3 Å². The van der Waals surface area contributed by atoms with Crippen LogP contribution >= 0.6 is 15.9 Å². The number of hydrogen-bond donors (Lipinski definition) is 2. The van der Waals surface area contributed by atoms with E-state index in [-0.39, 0.29) is 29.1 Å². The van der Waals surface area contributed by atoms with Gasteiger partial charge in [0, 0.05) is 10.9 Å². The molecule has 0 spiro atoms. The molecule has 1 fully saturated rings. The molecule has 3 atom stereocenters. The molecule has 25 heavy (non-hydrogen) atoms. The lowest BCUT2D eigenvalue weighted by Gasteiger charge is -2.48. The summed E-state index contributed by atoms with van der Waals surface area (Å²) >= 11 is 1.70. The molecule has 2 aliphatic rings. The van der Waals surface area contributed by atoms with Crippen LogP contribution in [0, 0.1) is 0 Å². The van der Waals surface area contributed by atoms with Gasteiger partial charge in [-0.25, -0.2) is 4.79 Å². The molecule has 0 radical (unpaired) electrons. The van der Waals surface area contributed by atoms with Gasteiger partial charge in [0.2, 0.25) is 11.3 Å². The second-order valence-corrected chi connectivity index (χ2v) is 7.82. The molecule has 0 bridgehead atoms. The standard InChI is InChI=1S/C16H15BrN2O5S/c17-7-10-8-25(24)15-12(14(21)19(15)13(10)16(22)23)18-11(20)6-9-4-2-1-3-5-9/h1-5,12,15H,6-8H2,(H,18,20)(H,22,23)/t12-,15-,25?/m1/s1. The van der Waals surface area contributed by atoms with Crippen molar-refractivity contribution in [3.63, 3.8) is 0 Å². The van der Waals surface area contributed by atoms with Crippen molar-refractivity contribution in [2.75, 3.05) is 11.1 Å². The quantitative estimate of drug-likeness (QED) is 0.401. The van der Waals surface area contributed by atoms with Crippen LogP contribution in [0.5, 0.6) is 0 Å². The number of carbonyl (C=O) groups excluding carboxylic acids is 2. The summed E-state index contributed by atoms with van der Waals surface area (Å²) in [6, 6.07) is 8.08. The lowest BCUT2D eigenvalue weighted by molar-refractivity contribution is -0.151. The maximum absolute atomic E-state index is 12.4. The predicted octanol–water partition coefficient (Wildman–Crippen LogP) is 0.378. The second-order valence-electron chi connectivity index (χ2n) is 5.72. The van der Waals surface area contributed by atoms with Gasteiger partial charge in [-0.05, 0) is 16.7 Å². The molecule has 1 aromatic carbocycles. The molecule has 1 unspecified atom stereocenters. The number of aliphatic carboxylic acids is 1. The first kappa shape index (κ1) is 18.0. The van der Waals surface area contributed by atoms with Gasteiger partial charge in [-0.3, -0.25) is 14.5 Å². The Morgan fingerprint density at radius 2 is 2.04 bits per heavy atom. The highest BCUT2D eigenvalue weighted by molar-refractivity contribution is 9.09. The van der Waals surface area contributed by atoms with Crippen LogP contribution < -0.4 is 5.32 Å². The van der Waals surface area contributed by atoms with E-state index in [1.165, 1.54) is 0 Å². The first-order valence-electron chi connectivity index (χ1n) is 7.49. The summed E-state index contributed by atoms with van der Waals surface area (Å²) in [7, 11) is 0. The Morgan fingerprint density at radius 1 is 1.36 bits per heavy atom. The van der Waals surface area contributed by atoms with Crippen LogP contribution in [0.4, 0.5) is 0 Å². The van der Waals surface area contributed by atoms with Gasteiger partial charge in [-0.15, -0.1) is 0 Å². The number of nitrogens with zero attached hydrogens (tertiary/aromatic N) is 1. The number of rotatable bonds is 5. The van der Waals surface area contributed by atoms with Gasteiger partial charge in [0.1, 0.15) is 11.4 Å². The minimum absolute atomic E-state index is 0.0619. The normalized spacial score (nSPS) is 25.3. The Balaban J connectivity index is 1.74. The lowest BCUT2D eigenvalue weighted by Crippen LogP contribution is -2.74. The molecule has 0 aromatic heterocycles. The maximum atomic E-state index is 12.4. The first-order valence-corrected chi connectivity index (χ1v) is 9.99. The topological polar surface area (TPSA) is 110 Å². The second kappa shape index (κ2) is 7.19. The molecular weight excluding hydrogens is 412 g/mol. The fraction of sp³-hybridized carbons (Fsp3) is 0.312. The van der Waals surface area contributed by atoms with Crippen LogP contribution in [0.25, 0.3) is 0 Å². The molecule has 2 amide bonds. The van der Waals surface area contributed by atoms with Crippen molar-refractivity contribution >= 4 is 44.9 Å². The van der Waals surface area contributed by atoms with E-state index in [1.807, 2.05) is 6.07 Å². The fourth-order valence-corrected chi connectivity index (χ4v) is 5.37. The number of carbonyl (C=O) groups is 3. The molecule has 2 aliphatic heterocycles. The van der Waals surface area contributed by atoms with E-state index >= 15 is 0 Å². The molecule has 0 aliphatic carbocycles. The minimum atomic E-state index is -1.47. The van der Waals surface area contributed by atoms with Crippen molar-refractivity contribution < 1.29 is 24.0 Å². The number of β-lactam (4-membered cyclic amide) rings is 1. The highest BCUT2D eigenvalue weighted by Crippen LogP contribution is 2.37.